The van der Waals surface area contributed by atoms with Crippen LogP contribution in [0, 0.1) is 18.3 Å². The van der Waals surface area contributed by atoms with Gasteiger partial charge in [-0.3, -0.25) is 0 Å². The van der Waals surface area contributed by atoms with E-state index in [2.05, 4.69) is 5.92 Å². The molecule has 0 bridgehead atoms. The molecule has 0 N–H and O–H groups in total. The zero-order chi connectivity index (χ0) is 5.70. The van der Waals surface area contributed by atoms with E-state index in [0.717, 1.165) is 0 Å². The Balaban J connectivity index is 3.64. The van der Waals surface area contributed by atoms with Crippen LogP contribution >= 0.6 is 0 Å². The van der Waals surface area contributed by atoms with Crippen LogP contribution in [0.25, 0.3) is 0 Å². The lowest BCUT2D eigenvalue weighted by Crippen LogP contribution is -1.87. The summed E-state index contributed by atoms with van der Waals surface area (Å²) in [5, 5.41) is 1.47. The highest BCUT2D eigenvalue weighted by Gasteiger charge is 1.83. The fourth-order valence-electron chi connectivity index (χ4n) is 0.123. The molecule has 0 heterocycles. The second-order valence-corrected chi connectivity index (χ2v) is 1.65. The lowest BCUT2D eigenvalue weighted by Gasteiger charge is -1.82. The number of hydrogen-bond donors (Lipinski definition) is 0. The molecule has 0 aliphatic heterocycles. The van der Waals surface area contributed by atoms with Gasteiger partial charge in [-0.15, -0.1) is 6.42 Å². The molecular weight excluding hydrogens is 108 g/mol. The zero-order valence-corrected chi connectivity index (χ0v) is 4.87. The van der Waals surface area contributed by atoms with Gasteiger partial charge in [0, 0.05) is 11.3 Å². The van der Waals surface area contributed by atoms with Crippen LogP contribution in [0.5, 0.6) is 0 Å². The molecule has 0 aromatic carbocycles. The van der Waals surface area contributed by atoms with Gasteiger partial charge in [-0.25, -0.2) is 4.21 Å². The molecule has 0 saturated carbocycles. The summed E-state index contributed by atoms with van der Waals surface area (Å²) in [6, 6.07) is 0. The summed E-state index contributed by atoms with van der Waals surface area (Å²) in [6.07, 6.45) is 4.92. The van der Waals surface area contributed by atoms with Gasteiger partial charge in [0.2, 0.25) is 0 Å². The number of rotatable bonds is 1. The molecule has 0 radical (unpaired) electrons. The first kappa shape index (κ1) is 6.45. The van der Waals surface area contributed by atoms with E-state index < -0.39 is 0 Å². The van der Waals surface area contributed by atoms with Crippen LogP contribution in [0.1, 0.15) is 6.92 Å². The van der Waals surface area contributed by atoms with Crippen molar-refractivity contribution in [3.05, 3.63) is 0 Å². The van der Waals surface area contributed by atoms with E-state index in [0.29, 0.717) is 11.3 Å². The quantitative estimate of drug-likeness (QED) is 0.353. The van der Waals surface area contributed by atoms with Crippen molar-refractivity contribution in [1.29, 1.82) is 0 Å². The zero-order valence-electron chi connectivity index (χ0n) is 4.05. The molecule has 0 aromatic rings. The molecule has 0 aliphatic rings. The standard InChI is InChI=1S/C5H6OS/c1-3-5(2)4-7-6/h1,4-5H,2H3. The Hall–Kier alpha value is -0.550. The second-order valence-electron chi connectivity index (χ2n) is 1.19. The van der Waals surface area contributed by atoms with Crippen molar-refractivity contribution in [2.75, 3.05) is 0 Å². The van der Waals surface area contributed by atoms with Crippen molar-refractivity contribution in [1.82, 2.24) is 0 Å². The summed E-state index contributed by atoms with van der Waals surface area (Å²) in [7, 11) is 0. The van der Waals surface area contributed by atoms with Crippen molar-refractivity contribution in [3.63, 3.8) is 0 Å². The van der Waals surface area contributed by atoms with Gasteiger partial charge in [-0.2, -0.15) is 0 Å². The van der Waals surface area contributed by atoms with Crippen LogP contribution in [0.15, 0.2) is 0 Å². The Kier molecular flexibility index (Phi) is 3.35. The van der Waals surface area contributed by atoms with Crippen LogP contribution in [0.3, 0.4) is 0 Å². The van der Waals surface area contributed by atoms with Gasteiger partial charge in [0.05, 0.1) is 11.3 Å². The molecule has 0 amide bonds. The minimum atomic E-state index is 0.00231. The van der Waals surface area contributed by atoms with Gasteiger partial charge in [0.1, 0.15) is 0 Å². The van der Waals surface area contributed by atoms with Gasteiger partial charge in [-0.05, 0) is 6.92 Å². The Labute approximate surface area is 46.8 Å². The minimum absolute atomic E-state index is 0.00231. The maximum Gasteiger partial charge on any atom is 0.0854 e. The van der Waals surface area contributed by atoms with E-state index in [1.54, 1.807) is 6.92 Å². The normalized spacial score (nSPS) is 11.4. The molecule has 0 spiro atoms. The van der Waals surface area contributed by atoms with E-state index in [-0.39, 0.29) is 5.92 Å². The predicted octanol–water partition coefficient (Wildman–Crippen LogP) is 0.271. The van der Waals surface area contributed by atoms with Crippen molar-refractivity contribution < 1.29 is 4.21 Å². The van der Waals surface area contributed by atoms with Crippen LogP contribution < -0.4 is 0 Å². The number of terminal acetylenes is 1. The topological polar surface area (TPSA) is 17.1 Å². The largest absolute Gasteiger partial charge is 0.213 e. The molecule has 2 heteroatoms. The molecule has 0 aliphatic carbocycles. The van der Waals surface area contributed by atoms with E-state index in [9.17, 15) is 4.21 Å². The van der Waals surface area contributed by atoms with Crippen LogP contribution in [0.4, 0.5) is 0 Å². The smallest absolute Gasteiger partial charge is 0.0854 e. The third-order valence-electron chi connectivity index (χ3n) is 0.523. The second kappa shape index (κ2) is 3.63. The van der Waals surface area contributed by atoms with Crippen molar-refractivity contribution in [2.45, 2.75) is 6.92 Å². The van der Waals surface area contributed by atoms with Gasteiger partial charge in [-0.1, -0.05) is 5.92 Å². The third kappa shape index (κ3) is 3.28. The highest BCUT2D eigenvalue weighted by molar-refractivity contribution is 7.64. The van der Waals surface area contributed by atoms with Crippen molar-refractivity contribution >= 4 is 16.6 Å². The third-order valence-corrected chi connectivity index (χ3v) is 1.04. The molecular formula is C5H6OS. The van der Waals surface area contributed by atoms with Gasteiger partial charge >= 0.3 is 0 Å². The fourth-order valence-corrected chi connectivity index (χ4v) is 0.368. The highest BCUT2D eigenvalue weighted by atomic mass is 32.1. The first-order chi connectivity index (χ1) is 3.31. The van der Waals surface area contributed by atoms with Gasteiger partial charge in [0.25, 0.3) is 0 Å². The minimum Gasteiger partial charge on any atom is -0.213 e. The maximum atomic E-state index is 9.66. The Morgan fingerprint density at radius 2 is 2.57 bits per heavy atom. The molecule has 1 atom stereocenters. The molecule has 7 heavy (non-hydrogen) atoms. The van der Waals surface area contributed by atoms with Crippen molar-refractivity contribution in [3.8, 4) is 12.3 Å². The lowest BCUT2D eigenvalue weighted by atomic mass is 10.2. The van der Waals surface area contributed by atoms with Crippen molar-refractivity contribution in [2.24, 2.45) is 5.92 Å². The monoisotopic (exact) mass is 114 g/mol. The van der Waals surface area contributed by atoms with E-state index in [4.69, 9.17) is 6.42 Å². The average molecular weight is 114 g/mol. The van der Waals surface area contributed by atoms with Crippen LogP contribution in [0.2, 0.25) is 0 Å². The molecule has 0 saturated heterocycles. The van der Waals surface area contributed by atoms with E-state index in [1.165, 1.54) is 5.37 Å². The van der Waals surface area contributed by atoms with Gasteiger partial charge < -0.3 is 0 Å². The fraction of sp³-hybridized carbons (Fsp3) is 0.400. The highest BCUT2D eigenvalue weighted by Crippen LogP contribution is 1.80. The molecule has 0 rings (SSSR count). The summed E-state index contributed by atoms with van der Waals surface area (Å²) >= 11 is 0.417. The molecule has 1 unspecified atom stereocenters. The lowest BCUT2D eigenvalue weighted by molar-refractivity contribution is 0.701. The summed E-state index contributed by atoms with van der Waals surface area (Å²) in [4.78, 5) is 0. The molecule has 38 valence electrons. The molecule has 0 fully saturated rings. The van der Waals surface area contributed by atoms with Crippen LogP contribution in [-0.2, 0) is 11.3 Å². The summed E-state index contributed by atoms with van der Waals surface area (Å²) in [6.45, 7) is 1.80. The molecule has 1 nitrogen and oxygen atoms in total. The Morgan fingerprint density at radius 1 is 2.00 bits per heavy atom. The average Bonchev–Trinajstić information content (AvgIpc) is 1.68. The Morgan fingerprint density at radius 3 is 2.71 bits per heavy atom. The van der Waals surface area contributed by atoms with Gasteiger partial charge in [0.15, 0.2) is 0 Å². The first-order valence-corrected chi connectivity index (χ1v) is 2.70. The first-order valence-electron chi connectivity index (χ1n) is 1.89. The molecule has 0 aromatic heterocycles. The predicted molar refractivity (Wildman–Crippen MR) is 32.2 cm³/mol. The SMILES string of the molecule is C#CC(C)C=S=O. The summed E-state index contributed by atoms with van der Waals surface area (Å²) < 4.78 is 9.66. The number of hydrogen-bond acceptors (Lipinski definition) is 1. The maximum absolute atomic E-state index is 9.66. The summed E-state index contributed by atoms with van der Waals surface area (Å²) in [5.74, 6) is 2.39. The van der Waals surface area contributed by atoms with E-state index >= 15 is 0 Å². The van der Waals surface area contributed by atoms with Crippen LogP contribution in [-0.4, -0.2) is 9.58 Å². The Bertz CT molecular complexity index is 128. The summed E-state index contributed by atoms with van der Waals surface area (Å²) in [5.41, 5.74) is 0. The van der Waals surface area contributed by atoms with E-state index in [1.807, 2.05) is 0 Å².